The van der Waals surface area contributed by atoms with E-state index in [0.717, 1.165) is 10.2 Å². The van der Waals surface area contributed by atoms with Gasteiger partial charge in [0.2, 0.25) is 11.8 Å². The third-order valence-electron chi connectivity index (χ3n) is 4.46. The van der Waals surface area contributed by atoms with Crippen LogP contribution < -0.4 is 9.70 Å². The van der Waals surface area contributed by atoms with Gasteiger partial charge in [-0.15, -0.1) is 11.8 Å². The SMILES string of the molecule is Cn1c(=NC(=O)CS[C@H]2CC(=O)N(c3ccccc3)C2=O)sc2ccccc21. The summed E-state index contributed by atoms with van der Waals surface area (Å²) < 4.78 is 2.93. The highest BCUT2D eigenvalue weighted by atomic mass is 32.2. The molecule has 0 spiro atoms. The molecule has 1 fully saturated rings. The van der Waals surface area contributed by atoms with Crippen LogP contribution in [-0.4, -0.2) is 33.3 Å². The van der Waals surface area contributed by atoms with Gasteiger partial charge in [0.15, 0.2) is 4.80 Å². The molecule has 0 unspecified atom stereocenters. The highest BCUT2D eigenvalue weighted by Gasteiger charge is 2.39. The normalized spacial score (nSPS) is 17.7. The minimum absolute atomic E-state index is 0.0561. The number of anilines is 1. The van der Waals surface area contributed by atoms with Crippen LogP contribution in [0.4, 0.5) is 5.69 Å². The number of aryl methyl sites for hydroxylation is 1. The summed E-state index contributed by atoms with van der Waals surface area (Å²) in [7, 11) is 1.87. The minimum atomic E-state index is -0.553. The number of para-hydroxylation sites is 2. The van der Waals surface area contributed by atoms with E-state index in [1.807, 2.05) is 41.9 Å². The maximum Gasteiger partial charge on any atom is 0.258 e. The van der Waals surface area contributed by atoms with Crippen molar-refractivity contribution in [2.45, 2.75) is 11.7 Å². The first-order valence-corrected chi connectivity index (χ1v) is 10.6. The summed E-state index contributed by atoms with van der Waals surface area (Å²) in [5, 5.41) is -0.553. The maximum absolute atomic E-state index is 12.6. The smallest absolute Gasteiger partial charge is 0.258 e. The Hall–Kier alpha value is -2.71. The summed E-state index contributed by atoms with van der Waals surface area (Å²) in [6.07, 6.45) is 0.0995. The quantitative estimate of drug-likeness (QED) is 0.619. The van der Waals surface area contributed by atoms with Gasteiger partial charge in [-0.2, -0.15) is 4.99 Å². The van der Waals surface area contributed by atoms with Gasteiger partial charge < -0.3 is 4.57 Å². The number of amides is 3. The predicted octanol–water partition coefficient (Wildman–Crippen LogP) is 2.73. The Balaban J connectivity index is 1.46. The summed E-state index contributed by atoms with van der Waals surface area (Å²) in [5.41, 5.74) is 1.58. The van der Waals surface area contributed by atoms with E-state index < -0.39 is 5.25 Å². The molecule has 1 atom stereocenters. The highest BCUT2D eigenvalue weighted by Crippen LogP contribution is 2.29. The molecule has 2 aromatic carbocycles. The Morgan fingerprint density at radius 3 is 2.61 bits per heavy atom. The number of thioether (sulfide) groups is 1. The third-order valence-corrected chi connectivity index (χ3v) is 6.76. The van der Waals surface area contributed by atoms with Gasteiger partial charge in [-0.25, -0.2) is 4.90 Å². The molecule has 142 valence electrons. The number of carbonyl (C=O) groups excluding carboxylic acids is 3. The number of nitrogens with zero attached hydrogens (tertiary/aromatic N) is 3. The van der Waals surface area contributed by atoms with Gasteiger partial charge in [-0.05, 0) is 24.3 Å². The van der Waals surface area contributed by atoms with Crippen LogP contribution in [0.2, 0.25) is 0 Å². The molecule has 0 aliphatic carbocycles. The third kappa shape index (κ3) is 3.53. The number of carbonyl (C=O) groups is 3. The molecule has 0 bridgehead atoms. The van der Waals surface area contributed by atoms with Crippen molar-refractivity contribution in [3.63, 3.8) is 0 Å². The van der Waals surface area contributed by atoms with Crippen molar-refractivity contribution in [2.24, 2.45) is 12.0 Å². The summed E-state index contributed by atoms with van der Waals surface area (Å²) in [6.45, 7) is 0. The van der Waals surface area contributed by atoms with Crippen molar-refractivity contribution in [3.05, 3.63) is 59.4 Å². The first-order valence-electron chi connectivity index (χ1n) is 8.70. The fourth-order valence-corrected chi connectivity index (χ4v) is 5.03. The van der Waals surface area contributed by atoms with Crippen LogP contribution >= 0.6 is 23.1 Å². The minimum Gasteiger partial charge on any atom is -0.319 e. The van der Waals surface area contributed by atoms with Crippen molar-refractivity contribution < 1.29 is 14.4 Å². The molecular formula is C20H17N3O3S2. The Morgan fingerprint density at radius 2 is 1.86 bits per heavy atom. The van der Waals surface area contributed by atoms with E-state index in [4.69, 9.17) is 0 Å². The molecule has 1 saturated heterocycles. The van der Waals surface area contributed by atoms with E-state index >= 15 is 0 Å². The molecule has 0 N–H and O–H groups in total. The number of imide groups is 1. The van der Waals surface area contributed by atoms with Crippen LogP contribution in [0.15, 0.2) is 59.6 Å². The Labute approximate surface area is 169 Å². The highest BCUT2D eigenvalue weighted by molar-refractivity contribution is 8.01. The molecule has 6 nitrogen and oxygen atoms in total. The number of hydrogen-bond donors (Lipinski definition) is 0. The number of rotatable bonds is 4. The van der Waals surface area contributed by atoms with E-state index in [1.54, 1.807) is 24.3 Å². The molecule has 3 aromatic rings. The van der Waals surface area contributed by atoms with Gasteiger partial charge in [-0.1, -0.05) is 41.7 Å². The Morgan fingerprint density at radius 1 is 1.14 bits per heavy atom. The fourth-order valence-electron chi connectivity index (χ4n) is 3.08. The van der Waals surface area contributed by atoms with Crippen LogP contribution in [0.25, 0.3) is 10.2 Å². The molecule has 0 saturated carbocycles. The largest absolute Gasteiger partial charge is 0.319 e. The van der Waals surface area contributed by atoms with Gasteiger partial charge in [0.05, 0.1) is 26.9 Å². The summed E-state index contributed by atoms with van der Waals surface area (Å²) >= 11 is 2.62. The average molecular weight is 412 g/mol. The molecule has 28 heavy (non-hydrogen) atoms. The molecule has 1 aliphatic rings. The topological polar surface area (TPSA) is 71.7 Å². The lowest BCUT2D eigenvalue weighted by Gasteiger charge is -2.14. The standard InChI is InChI=1S/C20H17N3O3S2/c1-22-14-9-5-6-10-15(14)28-20(22)21-17(24)12-27-16-11-18(25)23(19(16)26)13-7-3-2-4-8-13/h2-10,16H,11-12H2,1H3/t16-/m0/s1. The van der Waals surface area contributed by atoms with Crippen LogP contribution in [0.1, 0.15) is 6.42 Å². The second-order valence-corrected chi connectivity index (χ2v) is 8.52. The summed E-state index contributed by atoms with van der Waals surface area (Å²) in [4.78, 5) is 43.2. The van der Waals surface area contributed by atoms with Crippen LogP contribution in [0, 0.1) is 0 Å². The number of benzene rings is 2. The van der Waals surface area contributed by atoms with E-state index in [1.165, 1.54) is 28.0 Å². The molecular weight excluding hydrogens is 394 g/mol. The van der Waals surface area contributed by atoms with Gasteiger partial charge >= 0.3 is 0 Å². The molecule has 1 aliphatic heterocycles. The lowest BCUT2D eigenvalue weighted by molar-refractivity contribution is -0.121. The number of aromatic nitrogens is 1. The lowest BCUT2D eigenvalue weighted by atomic mass is 10.3. The Bertz CT molecular complexity index is 1130. The zero-order valence-corrected chi connectivity index (χ0v) is 16.7. The lowest BCUT2D eigenvalue weighted by Crippen LogP contribution is -2.31. The van der Waals surface area contributed by atoms with E-state index in [2.05, 4.69) is 4.99 Å². The predicted molar refractivity (Wildman–Crippen MR) is 111 cm³/mol. The first kappa shape index (κ1) is 18.6. The molecule has 0 radical (unpaired) electrons. The van der Waals surface area contributed by atoms with Crippen molar-refractivity contribution >= 4 is 56.7 Å². The second-order valence-electron chi connectivity index (χ2n) is 6.32. The number of fused-ring (bicyclic) bond motifs is 1. The van der Waals surface area contributed by atoms with Gasteiger partial charge in [0.25, 0.3) is 5.91 Å². The maximum atomic E-state index is 12.6. The van der Waals surface area contributed by atoms with Crippen molar-refractivity contribution in [1.29, 1.82) is 0 Å². The second kappa shape index (κ2) is 7.73. The van der Waals surface area contributed by atoms with Gasteiger partial charge in [0.1, 0.15) is 0 Å². The summed E-state index contributed by atoms with van der Waals surface area (Å²) in [6, 6.07) is 16.7. The first-order chi connectivity index (χ1) is 13.5. The van der Waals surface area contributed by atoms with Crippen LogP contribution in [-0.2, 0) is 21.4 Å². The van der Waals surface area contributed by atoms with Gasteiger partial charge in [0, 0.05) is 13.5 Å². The Kier molecular flexibility index (Phi) is 5.15. The van der Waals surface area contributed by atoms with Crippen LogP contribution in [0.3, 0.4) is 0 Å². The molecule has 1 aromatic heterocycles. The van der Waals surface area contributed by atoms with Crippen molar-refractivity contribution in [2.75, 3.05) is 10.7 Å². The average Bonchev–Trinajstić information content (AvgIpc) is 3.17. The van der Waals surface area contributed by atoms with Gasteiger partial charge in [-0.3, -0.25) is 14.4 Å². The number of thiazole rings is 1. The van der Waals surface area contributed by atoms with Crippen molar-refractivity contribution in [3.8, 4) is 0 Å². The molecule has 8 heteroatoms. The monoisotopic (exact) mass is 411 g/mol. The number of hydrogen-bond acceptors (Lipinski definition) is 5. The zero-order chi connectivity index (χ0) is 19.7. The summed E-state index contributed by atoms with van der Waals surface area (Å²) in [5.74, 6) is -0.776. The van der Waals surface area contributed by atoms with E-state index in [-0.39, 0.29) is 29.9 Å². The van der Waals surface area contributed by atoms with E-state index in [9.17, 15) is 14.4 Å². The van der Waals surface area contributed by atoms with E-state index in [0.29, 0.717) is 10.5 Å². The fraction of sp³-hybridized carbons (Fsp3) is 0.200. The zero-order valence-electron chi connectivity index (χ0n) is 15.1. The molecule has 4 rings (SSSR count). The molecule has 3 amide bonds. The van der Waals surface area contributed by atoms with Crippen LogP contribution in [0.5, 0.6) is 0 Å². The van der Waals surface area contributed by atoms with Crippen molar-refractivity contribution in [1.82, 2.24) is 4.57 Å². The molecule has 2 heterocycles.